The summed E-state index contributed by atoms with van der Waals surface area (Å²) in [5.41, 5.74) is 5.22. The molecule has 7 heteroatoms. The van der Waals surface area contributed by atoms with Gasteiger partial charge in [-0.2, -0.15) is 5.10 Å². The molecule has 0 bridgehead atoms. The summed E-state index contributed by atoms with van der Waals surface area (Å²) in [4.78, 5) is 10.8. The van der Waals surface area contributed by atoms with Crippen molar-refractivity contribution in [1.29, 1.82) is 0 Å². The van der Waals surface area contributed by atoms with Gasteiger partial charge in [0.1, 0.15) is 5.75 Å². The largest absolute Gasteiger partial charge is 0.490 e. The molecule has 5 rings (SSSR count). The Labute approximate surface area is 221 Å². The smallest absolute Gasteiger partial charge is 0.290 e. The number of ether oxygens (including phenoxy) is 2. The lowest BCUT2D eigenvalue weighted by molar-refractivity contribution is -0.122. The van der Waals surface area contributed by atoms with Crippen LogP contribution in [0.15, 0.2) is 54.6 Å². The zero-order valence-electron chi connectivity index (χ0n) is 22.8. The molecule has 200 valence electrons. The number of rotatable bonds is 7. The van der Waals surface area contributed by atoms with Crippen molar-refractivity contribution in [1.82, 2.24) is 9.78 Å². The van der Waals surface area contributed by atoms with E-state index in [0.717, 1.165) is 54.3 Å². The van der Waals surface area contributed by atoms with Crippen molar-refractivity contribution in [3.05, 3.63) is 60.3 Å². The summed E-state index contributed by atoms with van der Waals surface area (Å²) in [5, 5.41) is 11.9. The second-order valence-electron chi connectivity index (χ2n) is 9.97. The van der Waals surface area contributed by atoms with Crippen LogP contribution in [-0.4, -0.2) is 46.2 Å². The van der Waals surface area contributed by atoms with Crippen LogP contribution < -0.4 is 9.64 Å². The number of anilines is 1. The SMILES string of the molecule is CC.CC(C)(C)OCc1cc(-c2cccc(OC3CCC3)c2)n(-c2ccccc2N2CCC2)n1.O=CO. The summed E-state index contributed by atoms with van der Waals surface area (Å²) in [6, 6.07) is 19.1. The minimum absolute atomic E-state index is 0.212. The number of carboxylic acid groups (broad SMARTS) is 1. The van der Waals surface area contributed by atoms with Gasteiger partial charge in [-0.25, -0.2) is 4.68 Å². The molecular weight excluding hydrogens is 466 g/mol. The molecule has 1 saturated carbocycles. The number of aromatic nitrogens is 2. The Balaban J connectivity index is 0.000000711. The standard InChI is InChI=1S/C27H33N3O2.C2H6.CH2O2/c1-27(2,3)31-19-21-18-26(20-9-6-12-23(17-20)32-22-10-7-11-22)30(28-21)25-14-5-4-13-24(25)29-15-8-16-29;1-2;2-1-3/h4-6,9,12-14,17-18,22H,7-8,10-11,15-16,19H2,1-3H3;1-2H3;1H,(H,2,3). The van der Waals surface area contributed by atoms with Crippen LogP contribution in [0.25, 0.3) is 16.9 Å². The average molecular weight is 508 g/mol. The summed E-state index contributed by atoms with van der Waals surface area (Å²) >= 11 is 0. The van der Waals surface area contributed by atoms with Crippen molar-refractivity contribution in [3.8, 4) is 22.7 Å². The highest BCUT2D eigenvalue weighted by molar-refractivity contribution is 5.70. The van der Waals surface area contributed by atoms with Gasteiger partial charge in [-0.1, -0.05) is 38.1 Å². The Morgan fingerprint density at radius 2 is 1.68 bits per heavy atom. The van der Waals surface area contributed by atoms with Crippen molar-refractivity contribution in [2.24, 2.45) is 0 Å². The molecule has 0 radical (unpaired) electrons. The number of para-hydroxylation sites is 2. The first-order chi connectivity index (χ1) is 17.9. The molecule has 2 aliphatic rings. The highest BCUT2D eigenvalue weighted by Gasteiger charge is 2.23. The van der Waals surface area contributed by atoms with Gasteiger partial charge < -0.3 is 19.5 Å². The van der Waals surface area contributed by atoms with Gasteiger partial charge in [0.2, 0.25) is 0 Å². The molecule has 0 amide bonds. The predicted molar refractivity (Wildman–Crippen MR) is 149 cm³/mol. The second kappa shape index (κ2) is 13.3. The summed E-state index contributed by atoms with van der Waals surface area (Å²) in [6.45, 7) is 12.6. The minimum atomic E-state index is -0.250. The van der Waals surface area contributed by atoms with Crippen LogP contribution in [0.4, 0.5) is 5.69 Å². The third kappa shape index (κ3) is 7.59. The fraction of sp³-hybridized carbons (Fsp3) is 0.467. The first-order valence-electron chi connectivity index (χ1n) is 13.3. The van der Waals surface area contributed by atoms with E-state index in [1.165, 1.54) is 18.5 Å². The lowest BCUT2D eigenvalue weighted by Crippen LogP contribution is -2.37. The van der Waals surface area contributed by atoms with E-state index in [4.69, 9.17) is 24.5 Å². The Morgan fingerprint density at radius 3 is 2.24 bits per heavy atom. The highest BCUT2D eigenvalue weighted by atomic mass is 16.5. The van der Waals surface area contributed by atoms with Crippen LogP contribution in [0.3, 0.4) is 0 Å². The van der Waals surface area contributed by atoms with Crippen molar-refractivity contribution >= 4 is 12.2 Å². The van der Waals surface area contributed by atoms with Gasteiger partial charge in [0, 0.05) is 18.7 Å². The van der Waals surface area contributed by atoms with Crippen molar-refractivity contribution in [3.63, 3.8) is 0 Å². The molecule has 3 aromatic rings. The van der Waals surface area contributed by atoms with E-state index in [2.05, 4.69) is 85.0 Å². The molecule has 2 heterocycles. The van der Waals surface area contributed by atoms with E-state index in [1.54, 1.807) is 0 Å². The molecule has 2 aromatic carbocycles. The maximum atomic E-state index is 8.36. The summed E-state index contributed by atoms with van der Waals surface area (Å²) in [7, 11) is 0. The average Bonchev–Trinajstić information content (AvgIpc) is 3.25. The third-order valence-electron chi connectivity index (χ3n) is 6.20. The number of benzene rings is 2. The molecule has 1 aliphatic carbocycles. The summed E-state index contributed by atoms with van der Waals surface area (Å²) in [6.07, 6.45) is 5.17. The number of hydrogen-bond donors (Lipinski definition) is 1. The van der Waals surface area contributed by atoms with E-state index < -0.39 is 0 Å². The van der Waals surface area contributed by atoms with Gasteiger partial charge >= 0.3 is 0 Å². The van der Waals surface area contributed by atoms with E-state index >= 15 is 0 Å². The van der Waals surface area contributed by atoms with E-state index in [1.807, 2.05) is 13.8 Å². The highest BCUT2D eigenvalue weighted by Crippen LogP contribution is 2.34. The van der Waals surface area contributed by atoms with Crippen molar-refractivity contribution in [2.75, 3.05) is 18.0 Å². The van der Waals surface area contributed by atoms with Gasteiger partial charge in [-0.05, 0) is 76.8 Å². The Kier molecular flexibility index (Phi) is 10.1. The fourth-order valence-electron chi connectivity index (χ4n) is 4.06. The number of carbonyl (C=O) groups is 1. The van der Waals surface area contributed by atoms with Gasteiger partial charge in [0.15, 0.2) is 0 Å². The van der Waals surface area contributed by atoms with Crippen molar-refractivity contribution in [2.45, 2.75) is 78.6 Å². The second-order valence-corrected chi connectivity index (χ2v) is 9.97. The monoisotopic (exact) mass is 507 g/mol. The number of hydrogen-bond acceptors (Lipinski definition) is 5. The molecular formula is C30H41N3O4. The Bertz CT molecular complexity index is 1130. The van der Waals surface area contributed by atoms with Crippen LogP contribution in [-0.2, 0) is 16.1 Å². The predicted octanol–water partition coefficient (Wildman–Crippen LogP) is 6.72. The molecule has 0 atom stereocenters. The van der Waals surface area contributed by atoms with Crippen LogP contribution in [0.5, 0.6) is 5.75 Å². The first kappa shape index (κ1) is 28.3. The molecule has 0 spiro atoms. The third-order valence-corrected chi connectivity index (χ3v) is 6.20. The van der Waals surface area contributed by atoms with E-state index in [9.17, 15) is 0 Å². The molecule has 1 N–H and O–H groups in total. The topological polar surface area (TPSA) is 76.8 Å². The minimum Gasteiger partial charge on any atom is -0.490 e. The molecule has 0 unspecified atom stereocenters. The Morgan fingerprint density at radius 1 is 1.00 bits per heavy atom. The normalized spacial score (nSPS) is 14.8. The van der Waals surface area contributed by atoms with E-state index in [-0.39, 0.29) is 12.1 Å². The lowest BCUT2D eigenvalue weighted by Gasteiger charge is -2.34. The molecule has 2 fully saturated rings. The van der Waals surface area contributed by atoms with Crippen molar-refractivity contribution < 1.29 is 19.4 Å². The molecule has 1 saturated heterocycles. The number of nitrogens with zero attached hydrogens (tertiary/aromatic N) is 3. The maximum Gasteiger partial charge on any atom is 0.290 e. The fourth-order valence-corrected chi connectivity index (χ4v) is 4.06. The first-order valence-corrected chi connectivity index (χ1v) is 13.3. The van der Waals surface area contributed by atoms with Gasteiger partial charge in [0.05, 0.1) is 41.1 Å². The molecule has 37 heavy (non-hydrogen) atoms. The quantitative estimate of drug-likeness (QED) is 0.358. The molecule has 1 aromatic heterocycles. The van der Waals surface area contributed by atoms with Gasteiger partial charge in [-0.15, -0.1) is 0 Å². The van der Waals surface area contributed by atoms with Crippen LogP contribution in [0, 0.1) is 0 Å². The van der Waals surface area contributed by atoms with E-state index in [0.29, 0.717) is 12.7 Å². The zero-order chi connectivity index (χ0) is 26.8. The van der Waals surface area contributed by atoms with Gasteiger partial charge in [-0.3, -0.25) is 4.79 Å². The maximum absolute atomic E-state index is 8.36. The molecule has 1 aliphatic heterocycles. The van der Waals surface area contributed by atoms with Gasteiger partial charge in [0.25, 0.3) is 6.47 Å². The lowest BCUT2D eigenvalue weighted by atomic mass is 9.96. The van der Waals surface area contributed by atoms with Crippen LogP contribution in [0.1, 0.15) is 66.0 Å². The zero-order valence-corrected chi connectivity index (χ0v) is 22.8. The van der Waals surface area contributed by atoms with Crippen LogP contribution >= 0.6 is 0 Å². The summed E-state index contributed by atoms with van der Waals surface area (Å²) < 4.78 is 14.3. The summed E-state index contributed by atoms with van der Waals surface area (Å²) in [5.74, 6) is 0.934. The Hall–Kier alpha value is -3.32. The molecule has 7 nitrogen and oxygen atoms in total. The van der Waals surface area contributed by atoms with Crippen LogP contribution in [0.2, 0.25) is 0 Å².